The van der Waals surface area contributed by atoms with Crippen molar-refractivity contribution in [3.63, 3.8) is 0 Å². The number of carbonyl (C=O) groups excluding carboxylic acids is 1. The summed E-state index contributed by atoms with van der Waals surface area (Å²) in [5.41, 5.74) is 0.974. The van der Waals surface area contributed by atoms with Gasteiger partial charge in [0.2, 0.25) is 17.6 Å². The third-order valence-corrected chi connectivity index (χ3v) is 3.43. The zero-order valence-corrected chi connectivity index (χ0v) is 13.8. The molecule has 8 nitrogen and oxygen atoms in total. The first kappa shape index (κ1) is 18.5. The van der Waals surface area contributed by atoms with Gasteiger partial charge in [-0.15, -0.1) is 0 Å². The molecule has 0 aliphatic heterocycles. The highest BCUT2D eigenvalue weighted by molar-refractivity contribution is 5.83. The number of carbonyl (C=O) groups is 2. The Bertz CT molecular complexity index is 762. The number of amides is 1. The summed E-state index contributed by atoms with van der Waals surface area (Å²) in [6, 6.07) is 3.46. The number of hydrogen-bond acceptors (Lipinski definition) is 6. The molecule has 134 valence electrons. The molecule has 9 heteroatoms. The number of nitrogens with zero attached hydrogens (tertiary/aromatic N) is 2. The normalized spacial score (nSPS) is 12.0. The topological polar surface area (TPSA) is 115 Å². The summed E-state index contributed by atoms with van der Waals surface area (Å²) >= 11 is 0. The second-order valence-electron chi connectivity index (χ2n) is 5.39. The van der Waals surface area contributed by atoms with Crippen LogP contribution in [0.25, 0.3) is 11.4 Å². The van der Waals surface area contributed by atoms with Crippen molar-refractivity contribution in [2.75, 3.05) is 13.7 Å². The van der Waals surface area contributed by atoms with E-state index < -0.39 is 17.9 Å². The number of aryl methyl sites for hydroxylation is 2. The number of benzene rings is 1. The number of hydrogen-bond donors (Lipinski definition) is 2. The Morgan fingerprint density at radius 1 is 1.44 bits per heavy atom. The summed E-state index contributed by atoms with van der Waals surface area (Å²) in [6.07, 6.45) is 0.101. The fraction of sp³-hybridized carbons (Fsp3) is 0.375. The van der Waals surface area contributed by atoms with Gasteiger partial charge in [0, 0.05) is 25.5 Å². The monoisotopic (exact) mass is 351 g/mol. The number of carboxylic acids is 1. The average Bonchev–Trinajstić information content (AvgIpc) is 3.04. The van der Waals surface area contributed by atoms with Crippen LogP contribution in [0.3, 0.4) is 0 Å². The predicted octanol–water partition coefficient (Wildman–Crippen LogP) is 1.33. The molecule has 1 amide bonds. The zero-order valence-electron chi connectivity index (χ0n) is 13.8. The maximum atomic E-state index is 13.6. The molecule has 0 bridgehead atoms. The van der Waals surface area contributed by atoms with Crippen LogP contribution in [0.5, 0.6) is 0 Å². The second kappa shape index (κ2) is 8.34. The van der Waals surface area contributed by atoms with E-state index in [-0.39, 0.29) is 37.0 Å². The van der Waals surface area contributed by atoms with Gasteiger partial charge in [-0.1, -0.05) is 17.3 Å². The molecule has 2 rings (SSSR count). The standard InChI is InChI=1S/C16H18FN3O5/c1-9-3-4-10(7-11(9)17)15-19-14(25-20-15)6-5-13(21)18-12(8-24-2)16(22)23/h3-4,7,12H,5-6,8H2,1-2H3,(H,18,21)(H,22,23). The van der Waals surface area contributed by atoms with E-state index in [2.05, 4.69) is 15.5 Å². The van der Waals surface area contributed by atoms with Gasteiger partial charge in [0.1, 0.15) is 5.82 Å². The Kier molecular flexibility index (Phi) is 6.18. The number of carboxylic acid groups (broad SMARTS) is 1. The van der Waals surface area contributed by atoms with Gasteiger partial charge in [0.25, 0.3) is 0 Å². The van der Waals surface area contributed by atoms with Crippen molar-refractivity contribution in [1.29, 1.82) is 0 Å². The third-order valence-electron chi connectivity index (χ3n) is 3.43. The SMILES string of the molecule is COCC(NC(=O)CCc1nc(-c2ccc(C)c(F)c2)no1)C(=O)O. The van der Waals surface area contributed by atoms with Crippen LogP contribution in [-0.2, 0) is 20.7 Å². The molecule has 0 saturated carbocycles. The van der Waals surface area contributed by atoms with Crippen molar-refractivity contribution in [2.45, 2.75) is 25.8 Å². The van der Waals surface area contributed by atoms with Gasteiger partial charge in [0.15, 0.2) is 6.04 Å². The Labute approximate surface area is 143 Å². The number of nitrogens with one attached hydrogen (secondary N) is 1. The first-order chi connectivity index (χ1) is 11.9. The fourth-order valence-corrected chi connectivity index (χ4v) is 2.03. The summed E-state index contributed by atoms with van der Waals surface area (Å²) in [5.74, 6) is -1.62. The van der Waals surface area contributed by atoms with Crippen molar-refractivity contribution in [1.82, 2.24) is 15.5 Å². The van der Waals surface area contributed by atoms with Crippen molar-refractivity contribution < 1.29 is 28.3 Å². The van der Waals surface area contributed by atoms with Crippen LogP contribution in [-0.4, -0.2) is 46.9 Å². The van der Waals surface area contributed by atoms with Crippen LogP contribution in [0.15, 0.2) is 22.7 Å². The second-order valence-corrected chi connectivity index (χ2v) is 5.39. The Morgan fingerprint density at radius 3 is 2.84 bits per heavy atom. The molecule has 0 radical (unpaired) electrons. The van der Waals surface area contributed by atoms with E-state index >= 15 is 0 Å². The molecule has 0 fully saturated rings. The Morgan fingerprint density at radius 2 is 2.20 bits per heavy atom. The molecule has 1 aromatic heterocycles. The molecular formula is C16H18FN3O5. The van der Waals surface area contributed by atoms with Gasteiger partial charge in [-0.25, -0.2) is 9.18 Å². The van der Waals surface area contributed by atoms with Crippen molar-refractivity contribution in [3.05, 3.63) is 35.5 Å². The molecule has 1 aromatic carbocycles. The minimum Gasteiger partial charge on any atom is -0.480 e. The summed E-state index contributed by atoms with van der Waals surface area (Å²) in [6.45, 7) is 1.51. The van der Waals surface area contributed by atoms with Crippen LogP contribution >= 0.6 is 0 Å². The van der Waals surface area contributed by atoms with E-state index in [1.165, 1.54) is 13.2 Å². The van der Waals surface area contributed by atoms with E-state index in [1.807, 2.05) is 0 Å². The van der Waals surface area contributed by atoms with Crippen molar-refractivity contribution in [3.8, 4) is 11.4 Å². The average molecular weight is 351 g/mol. The van der Waals surface area contributed by atoms with Crippen LogP contribution in [0.4, 0.5) is 4.39 Å². The maximum Gasteiger partial charge on any atom is 0.328 e. The first-order valence-electron chi connectivity index (χ1n) is 7.51. The number of aliphatic carboxylic acids is 1. The summed E-state index contributed by atoms with van der Waals surface area (Å²) < 4.78 is 23.3. The number of methoxy groups -OCH3 is 1. The molecular weight excluding hydrogens is 333 g/mol. The maximum absolute atomic E-state index is 13.6. The van der Waals surface area contributed by atoms with Gasteiger partial charge >= 0.3 is 5.97 Å². The van der Waals surface area contributed by atoms with Crippen molar-refractivity contribution >= 4 is 11.9 Å². The molecule has 0 saturated heterocycles. The van der Waals surface area contributed by atoms with Crippen LogP contribution in [0.2, 0.25) is 0 Å². The first-order valence-corrected chi connectivity index (χ1v) is 7.51. The quantitative estimate of drug-likeness (QED) is 0.737. The lowest BCUT2D eigenvalue weighted by molar-refractivity contribution is -0.143. The largest absolute Gasteiger partial charge is 0.480 e. The van der Waals surface area contributed by atoms with E-state index in [1.54, 1.807) is 19.1 Å². The summed E-state index contributed by atoms with van der Waals surface area (Å²) in [5, 5.41) is 15.0. The molecule has 1 atom stereocenters. The molecule has 2 aromatic rings. The molecule has 2 N–H and O–H groups in total. The van der Waals surface area contributed by atoms with Crippen LogP contribution in [0, 0.1) is 12.7 Å². The molecule has 0 aliphatic rings. The highest BCUT2D eigenvalue weighted by Crippen LogP contribution is 2.19. The zero-order chi connectivity index (χ0) is 18.4. The third kappa shape index (κ3) is 5.08. The number of rotatable bonds is 8. The van der Waals surface area contributed by atoms with Gasteiger partial charge in [-0.2, -0.15) is 4.98 Å². The molecule has 1 heterocycles. The lowest BCUT2D eigenvalue weighted by atomic mass is 10.1. The van der Waals surface area contributed by atoms with Gasteiger partial charge in [-0.3, -0.25) is 4.79 Å². The van der Waals surface area contributed by atoms with Crippen LogP contribution < -0.4 is 5.32 Å². The Hall–Kier alpha value is -2.81. The summed E-state index contributed by atoms with van der Waals surface area (Å²) in [4.78, 5) is 26.8. The predicted molar refractivity (Wildman–Crippen MR) is 84.2 cm³/mol. The number of halogens is 1. The molecule has 0 spiro atoms. The molecule has 0 aliphatic carbocycles. The minimum absolute atomic E-state index is 0.0304. The van der Waals surface area contributed by atoms with Gasteiger partial charge < -0.3 is 19.7 Å². The van der Waals surface area contributed by atoms with Crippen LogP contribution in [0.1, 0.15) is 17.9 Å². The minimum atomic E-state index is -1.18. The lowest BCUT2D eigenvalue weighted by Gasteiger charge is -2.12. The lowest BCUT2D eigenvalue weighted by Crippen LogP contribution is -2.43. The number of ether oxygens (including phenoxy) is 1. The van der Waals surface area contributed by atoms with E-state index in [4.69, 9.17) is 14.4 Å². The smallest absolute Gasteiger partial charge is 0.328 e. The summed E-state index contributed by atoms with van der Waals surface area (Å²) in [7, 11) is 1.34. The molecule has 1 unspecified atom stereocenters. The van der Waals surface area contributed by atoms with E-state index in [0.29, 0.717) is 11.1 Å². The van der Waals surface area contributed by atoms with Gasteiger partial charge in [-0.05, 0) is 18.6 Å². The van der Waals surface area contributed by atoms with Crippen molar-refractivity contribution in [2.24, 2.45) is 0 Å². The van der Waals surface area contributed by atoms with E-state index in [0.717, 1.165) is 0 Å². The fourth-order valence-electron chi connectivity index (χ4n) is 2.03. The Balaban J connectivity index is 1.93. The molecule has 25 heavy (non-hydrogen) atoms. The van der Waals surface area contributed by atoms with Gasteiger partial charge in [0.05, 0.1) is 6.61 Å². The highest BCUT2D eigenvalue weighted by Gasteiger charge is 2.20. The highest BCUT2D eigenvalue weighted by atomic mass is 19.1. The number of aromatic nitrogens is 2. The van der Waals surface area contributed by atoms with E-state index in [9.17, 15) is 14.0 Å².